The summed E-state index contributed by atoms with van der Waals surface area (Å²) in [5.41, 5.74) is 2.70. The number of Topliss-reactive ketones (excluding diaryl/α,β-unsaturated/α-hetero) is 1. The van der Waals surface area contributed by atoms with Crippen molar-refractivity contribution in [3.63, 3.8) is 0 Å². The fourth-order valence-corrected chi connectivity index (χ4v) is 1.75. The summed E-state index contributed by atoms with van der Waals surface area (Å²) in [6.07, 6.45) is 0.431. The molecular weight excluding hydrogens is 216 g/mol. The number of carbonyl (C=O) groups is 1. The lowest BCUT2D eigenvalue weighted by molar-refractivity contribution is 0.0895. The zero-order chi connectivity index (χ0) is 12.8. The topological polar surface area (TPSA) is 35.5 Å². The van der Waals surface area contributed by atoms with Gasteiger partial charge in [-0.05, 0) is 44.0 Å². The number of carbonyl (C=O) groups excluding carboxylic acids is 1. The summed E-state index contributed by atoms with van der Waals surface area (Å²) in [5, 5.41) is 0. The maximum Gasteiger partial charge on any atom is 0.165 e. The number of benzene rings is 1. The monoisotopic (exact) mass is 236 g/mol. The van der Waals surface area contributed by atoms with Crippen LogP contribution in [-0.4, -0.2) is 26.1 Å². The molecule has 1 aromatic carbocycles. The molecule has 0 radical (unpaired) electrons. The summed E-state index contributed by atoms with van der Waals surface area (Å²) in [6.45, 7) is 6.93. The molecule has 0 atom stereocenters. The third-order valence-corrected chi connectivity index (χ3v) is 2.72. The molecule has 17 heavy (non-hydrogen) atoms. The molecule has 94 valence electrons. The van der Waals surface area contributed by atoms with Gasteiger partial charge in [-0.1, -0.05) is 0 Å². The van der Waals surface area contributed by atoms with Crippen LogP contribution < -0.4 is 4.74 Å². The van der Waals surface area contributed by atoms with Crippen LogP contribution in [0.3, 0.4) is 0 Å². The molecule has 0 aliphatic rings. The molecule has 0 aromatic heterocycles. The van der Waals surface area contributed by atoms with E-state index in [1.165, 1.54) is 0 Å². The second-order valence-corrected chi connectivity index (χ2v) is 4.01. The normalized spacial score (nSPS) is 10.4. The third-order valence-electron chi connectivity index (χ3n) is 2.72. The van der Waals surface area contributed by atoms with E-state index in [1.807, 2.05) is 32.9 Å². The van der Waals surface area contributed by atoms with Crippen LogP contribution in [0.25, 0.3) is 0 Å². The van der Waals surface area contributed by atoms with Gasteiger partial charge in [0.05, 0.1) is 13.7 Å². The molecule has 0 aliphatic carbocycles. The van der Waals surface area contributed by atoms with Gasteiger partial charge < -0.3 is 9.47 Å². The molecule has 0 heterocycles. The van der Waals surface area contributed by atoms with Gasteiger partial charge >= 0.3 is 0 Å². The van der Waals surface area contributed by atoms with E-state index in [0.29, 0.717) is 19.6 Å². The van der Waals surface area contributed by atoms with Crippen LogP contribution in [0.15, 0.2) is 12.1 Å². The first-order valence-electron chi connectivity index (χ1n) is 5.86. The Hall–Kier alpha value is -1.35. The Kier molecular flexibility index (Phi) is 5.16. The maximum absolute atomic E-state index is 12.0. The average Bonchev–Trinajstić information content (AvgIpc) is 2.31. The number of ether oxygens (including phenoxy) is 2. The number of methoxy groups -OCH3 is 1. The SMILES string of the molecule is CCOCCC(=O)c1cc(C)c(OC)cc1C. The largest absolute Gasteiger partial charge is 0.496 e. The molecule has 0 amide bonds. The Morgan fingerprint density at radius 1 is 1.24 bits per heavy atom. The van der Waals surface area contributed by atoms with Crippen molar-refractivity contribution in [2.24, 2.45) is 0 Å². The number of hydrogen-bond acceptors (Lipinski definition) is 3. The van der Waals surface area contributed by atoms with Gasteiger partial charge in [0, 0.05) is 18.6 Å². The number of ketones is 1. The second-order valence-electron chi connectivity index (χ2n) is 4.01. The van der Waals surface area contributed by atoms with Gasteiger partial charge in [0.1, 0.15) is 5.75 Å². The van der Waals surface area contributed by atoms with Gasteiger partial charge in [0.2, 0.25) is 0 Å². The standard InChI is InChI=1S/C14H20O3/c1-5-17-7-6-13(15)12-8-11(3)14(16-4)9-10(12)2/h8-9H,5-7H2,1-4H3. The van der Waals surface area contributed by atoms with Crippen LogP contribution in [0.5, 0.6) is 5.75 Å². The fourth-order valence-electron chi connectivity index (χ4n) is 1.75. The van der Waals surface area contributed by atoms with E-state index in [2.05, 4.69) is 0 Å². The summed E-state index contributed by atoms with van der Waals surface area (Å²) in [5.74, 6) is 0.950. The van der Waals surface area contributed by atoms with Crippen molar-refractivity contribution in [2.75, 3.05) is 20.3 Å². The molecule has 0 bridgehead atoms. The van der Waals surface area contributed by atoms with Crippen LogP contribution in [0.1, 0.15) is 34.8 Å². The van der Waals surface area contributed by atoms with Gasteiger partial charge in [0.15, 0.2) is 5.78 Å². The van der Waals surface area contributed by atoms with Gasteiger partial charge in [0.25, 0.3) is 0 Å². The number of rotatable bonds is 6. The van der Waals surface area contributed by atoms with Crippen LogP contribution in [0.2, 0.25) is 0 Å². The number of hydrogen-bond donors (Lipinski definition) is 0. The molecule has 3 nitrogen and oxygen atoms in total. The smallest absolute Gasteiger partial charge is 0.165 e. The zero-order valence-electron chi connectivity index (χ0n) is 11.0. The first-order chi connectivity index (χ1) is 8.10. The van der Waals surface area contributed by atoms with Gasteiger partial charge in [-0.15, -0.1) is 0 Å². The summed E-state index contributed by atoms with van der Waals surface area (Å²) in [7, 11) is 1.64. The van der Waals surface area contributed by atoms with Gasteiger partial charge in [-0.2, -0.15) is 0 Å². The minimum absolute atomic E-state index is 0.127. The van der Waals surface area contributed by atoms with E-state index in [9.17, 15) is 4.79 Å². The highest BCUT2D eigenvalue weighted by Gasteiger charge is 2.11. The van der Waals surface area contributed by atoms with Crippen molar-refractivity contribution < 1.29 is 14.3 Å². The zero-order valence-corrected chi connectivity index (χ0v) is 11.0. The van der Waals surface area contributed by atoms with Crippen LogP contribution >= 0.6 is 0 Å². The predicted octanol–water partition coefficient (Wildman–Crippen LogP) is 2.92. The average molecular weight is 236 g/mol. The summed E-state index contributed by atoms with van der Waals surface area (Å²) >= 11 is 0. The highest BCUT2D eigenvalue weighted by molar-refractivity contribution is 5.97. The van der Waals surface area contributed by atoms with E-state index in [-0.39, 0.29) is 5.78 Å². The molecule has 0 aliphatic heterocycles. The van der Waals surface area contributed by atoms with Crippen molar-refractivity contribution >= 4 is 5.78 Å². The summed E-state index contributed by atoms with van der Waals surface area (Å²) in [4.78, 5) is 12.0. The van der Waals surface area contributed by atoms with Crippen LogP contribution in [0, 0.1) is 13.8 Å². The van der Waals surface area contributed by atoms with E-state index in [1.54, 1.807) is 7.11 Å². The quantitative estimate of drug-likeness (QED) is 0.562. The highest BCUT2D eigenvalue weighted by atomic mass is 16.5. The lowest BCUT2D eigenvalue weighted by Gasteiger charge is -2.10. The van der Waals surface area contributed by atoms with Crippen molar-refractivity contribution in [1.82, 2.24) is 0 Å². The molecule has 1 rings (SSSR count). The third kappa shape index (κ3) is 3.56. The second kappa shape index (κ2) is 6.40. The molecule has 0 N–H and O–H groups in total. The van der Waals surface area contributed by atoms with E-state index in [4.69, 9.17) is 9.47 Å². The minimum Gasteiger partial charge on any atom is -0.496 e. The van der Waals surface area contributed by atoms with Crippen molar-refractivity contribution in [1.29, 1.82) is 0 Å². The Morgan fingerprint density at radius 2 is 1.94 bits per heavy atom. The summed E-state index contributed by atoms with van der Waals surface area (Å²) < 4.78 is 10.4. The molecule has 0 fully saturated rings. The predicted molar refractivity (Wildman–Crippen MR) is 67.9 cm³/mol. The molecule has 0 unspecified atom stereocenters. The van der Waals surface area contributed by atoms with Crippen molar-refractivity contribution in [3.8, 4) is 5.75 Å². The molecule has 0 spiro atoms. The van der Waals surface area contributed by atoms with Crippen LogP contribution in [-0.2, 0) is 4.74 Å². The van der Waals surface area contributed by atoms with Gasteiger partial charge in [-0.3, -0.25) is 4.79 Å². The first kappa shape index (κ1) is 13.7. The van der Waals surface area contributed by atoms with Gasteiger partial charge in [-0.25, -0.2) is 0 Å². The van der Waals surface area contributed by atoms with Crippen LogP contribution in [0.4, 0.5) is 0 Å². The van der Waals surface area contributed by atoms with E-state index >= 15 is 0 Å². The lowest BCUT2D eigenvalue weighted by Crippen LogP contribution is -2.07. The molecule has 1 aromatic rings. The lowest BCUT2D eigenvalue weighted by atomic mass is 9.99. The summed E-state index contributed by atoms with van der Waals surface area (Å²) in [6, 6.07) is 3.80. The Balaban J connectivity index is 2.83. The number of aryl methyl sites for hydroxylation is 2. The molecule has 3 heteroatoms. The maximum atomic E-state index is 12.0. The highest BCUT2D eigenvalue weighted by Crippen LogP contribution is 2.23. The van der Waals surface area contributed by atoms with Crippen molar-refractivity contribution in [3.05, 3.63) is 28.8 Å². The Morgan fingerprint density at radius 3 is 2.53 bits per heavy atom. The van der Waals surface area contributed by atoms with E-state index < -0.39 is 0 Å². The first-order valence-corrected chi connectivity index (χ1v) is 5.86. The van der Waals surface area contributed by atoms with Crippen molar-refractivity contribution in [2.45, 2.75) is 27.2 Å². The Bertz CT molecular complexity index is 397. The van der Waals surface area contributed by atoms with E-state index in [0.717, 1.165) is 22.4 Å². The Labute approximate surface area is 103 Å². The molecular formula is C14H20O3. The minimum atomic E-state index is 0.127. The molecule has 0 saturated heterocycles. The molecule has 0 saturated carbocycles. The fraction of sp³-hybridized carbons (Fsp3) is 0.500.